The monoisotopic (exact) mass is 100 g/mol. The number of nitrogens with two attached hydrogens (primary N) is 1. The molecule has 3 nitrogen and oxygen atoms in total. The van der Waals surface area contributed by atoms with Crippen molar-refractivity contribution in [2.75, 3.05) is 0 Å². The summed E-state index contributed by atoms with van der Waals surface area (Å²) in [5, 5.41) is 14.9. The molecule has 0 radical (unpaired) electrons. The van der Waals surface area contributed by atoms with Gasteiger partial charge in [-0.3, -0.25) is 5.41 Å². The summed E-state index contributed by atoms with van der Waals surface area (Å²) in [5.74, 6) is -0.0625. The third kappa shape index (κ3) is 5.01. The average molecular weight is 100 g/mol. The lowest BCUT2D eigenvalue weighted by atomic mass is 10.5. The molecule has 0 heterocycles. The lowest BCUT2D eigenvalue weighted by Crippen LogP contribution is -2.05. The van der Waals surface area contributed by atoms with Crippen LogP contribution >= 0.6 is 0 Å². The van der Waals surface area contributed by atoms with Crippen LogP contribution in [0.1, 0.15) is 6.92 Å². The molecule has 0 saturated heterocycles. The van der Waals surface area contributed by atoms with Crippen LogP contribution in [0.3, 0.4) is 0 Å². The number of hydrogen-bond acceptors (Lipinski definition) is 2. The molecule has 40 valence electrons. The zero-order valence-electron chi connectivity index (χ0n) is 4.10. The second-order valence-electron chi connectivity index (χ2n) is 1.24. The highest BCUT2D eigenvalue weighted by Gasteiger charge is 1.78. The number of aliphatic hydroxyl groups excluding tert-OH is 1. The molecule has 0 aliphatic heterocycles. The summed E-state index contributed by atoms with van der Waals surface area (Å²) < 4.78 is 0. The van der Waals surface area contributed by atoms with Gasteiger partial charge in [0.1, 0.15) is 5.84 Å². The molecule has 0 aliphatic carbocycles. The first-order chi connectivity index (χ1) is 3.13. The lowest BCUT2D eigenvalue weighted by Gasteiger charge is -1.84. The van der Waals surface area contributed by atoms with Crippen molar-refractivity contribution < 1.29 is 5.11 Å². The number of amidine groups is 1. The van der Waals surface area contributed by atoms with Crippen molar-refractivity contribution in [1.29, 1.82) is 5.41 Å². The SMILES string of the molecule is C/C(O)=C/C(=N)N. The standard InChI is InChI=1S/C4H8N2O/c1-3(7)2-4(5)6/h2,7H,1H3,(H3,5,6)/b3-2-. The van der Waals surface area contributed by atoms with Crippen LogP contribution in [0.5, 0.6) is 0 Å². The molecule has 4 N–H and O–H groups in total. The van der Waals surface area contributed by atoms with Crippen molar-refractivity contribution in [2.45, 2.75) is 6.92 Å². The first-order valence-corrected chi connectivity index (χ1v) is 1.84. The third-order valence-electron chi connectivity index (χ3n) is 0.364. The van der Waals surface area contributed by atoms with Gasteiger partial charge in [0.2, 0.25) is 0 Å². The van der Waals surface area contributed by atoms with E-state index in [9.17, 15) is 0 Å². The van der Waals surface area contributed by atoms with E-state index in [1.165, 1.54) is 13.0 Å². The number of allylic oxidation sites excluding steroid dienone is 1. The number of nitrogens with one attached hydrogen (secondary N) is 1. The summed E-state index contributed by atoms with van der Waals surface area (Å²) in [4.78, 5) is 0. The molecular weight excluding hydrogens is 92.1 g/mol. The van der Waals surface area contributed by atoms with Gasteiger partial charge in [-0.15, -0.1) is 0 Å². The summed E-state index contributed by atoms with van der Waals surface area (Å²) >= 11 is 0. The van der Waals surface area contributed by atoms with Crippen LogP contribution in [0.4, 0.5) is 0 Å². The molecule has 0 amide bonds. The van der Waals surface area contributed by atoms with Crippen LogP contribution in [0.25, 0.3) is 0 Å². The molecule has 0 bridgehead atoms. The third-order valence-corrected chi connectivity index (χ3v) is 0.364. The quantitative estimate of drug-likeness (QED) is 0.253. The number of rotatable bonds is 1. The Hall–Kier alpha value is -0.990. The Balaban J connectivity index is 3.68. The van der Waals surface area contributed by atoms with Crippen molar-refractivity contribution in [3.63, 3.8) is 0 Å². The van der Waals surface area contributed by atoms with E-state index in [1.807, 2.05) is 0 Å². The Labute approximate surface area is 42.0 Å². The number of aliphatic hydroxyl groups is 1. The molecule has 7 heavy (non-hydrogen) atoms. The van der Waals surface area contributed by atoms with E-state index in [1.54, 1.807) is 0 Å². The predicted octanol–water partition coefficient (Wildman–Crippen LogP) is 0.384. The van der Waals surface area contributed by atoms with E-state index in [-0.39, 0.29) is 11.6 Å². The van der Waals surface area contributed by atoms with E-state index in [4.69, 9.17) is 16.2 Å². The Kier molecular flexibility index (Phi) is 1.91. The van der Waals surface area contributed by atoms with Gasteiger partial charge in [-0.05, 0) is 6.92 Å². The molecule has 0 spiro atoms. The molecule has 0 fully saturated rings. The van der Waals surface area contributed by atoms with Gasteiger partial charge in [-0.25, -0.2) is 0 Å². The van der Waals surface area contributed by atoms with Gasteiger partial charge in [-0.1, -0.05) is 0 Å². The molecule has 0 saturated carbocycles. The molecule has 0 aromatic carbocycles. The highest BCUT2D eigenvalue weighted by atomic mass is 16.3. The topological polar surface area (TPSA) is 70.1 Å². The summed E-state index contributed by atoms with van der Waals surface area (Å²) in [6.45, 7) is 1.46. The Morgan fingerprint density at radius 3 is 2.29 bits per heavy atom. The van der Waals surface area contributed by atoms with Crippen LogP contribution in [-0.4, -0.2) is 10.9 Å². The van der Waals surface area contributed by atoms with E-state index in [2.05, 4.69) is 0 Å². The summed E-state index contributed by atoms with van der Waals surface area (Å²) in [7, 11) is 0. The highest BCUT2D eigenvalue weighted by Crippen LogP contribution is 1.79. The summed E-state index contributed by atoms with van der Waals surface area (Å²) in [6.07, 6.45) is 1.17. The molecule has 0 rings (SSSR count). The van der Waals surface area contributed by atoms with Crippen LogP contribution in [0, 0.1) is 5.41 Å². The molecule has 3 heteroatoms. The van der Waals surface area contributed by atoms with Crippen molar-refractivity contribution in [1.82, 2.24) is 0 Å². The fourth-order valence-corrected chi connectivity index (χ4v) is 0.225. The normalized spacial score (nSPS) is 11.3. The first kappa shape index (κ1) is 6.01. The van der Waals surface area contributed by atoms with Gasteiger partial charge in [-0.2, -0.15) is 0 Å². The van der Waals surface area contributed by atoms with Crippen molar-refractivity contribution in [3.8, 4) is 0 Å². The van der Waals surface area contributed by atoms with Crippen molar-refractivity contribution >= 4 is 5.84 Å². The maximum absolute atomic E-state index is 8.36. The first-order valence-electron chi connectivity index (χ1n) is 1.84. The minimum absolute atomic E-state index is 0.0625. The second-order valence-corrected chi connectivity index (χ2v) is 1.24. The highest BCUT2D eigenvalue weighted by molar-refractivity contribution is 5.88. The minimum Gasteiger partial charge on any atom is -0.512 e. The second kappa shape index (κ2) is 2.23. The maximum atomic E-state index is 8.36. The molecule has 0 aliphatic rings. The lowest BCUT2D eigenvalue weighted by molar-refractivity contribution is 0.415. The van der Waals surface area contributed by atoms with Crippen LogP contribution in [0.15, 0.2) is 11.8 Å². The minimum atomic E-state index is -0.125. The van der Waals surface area contributed by atoms with Gasteiger partial charge >= 0.3 is 0 Å². The predicted molar refractivity (Wildman–Crippen MR) is 28.3 cm³/mol. The van der Waals surface area contributed by atoms with Gasteiger partial charge in [0.15, 0.2) is 0 Å². The van der Waals surface area contributed by atoms with E-state index < -0.39 is 0 Å². The molecular formula is C4H8N2O. The number of hydrogen-bond donors (Lipinski definition) is 3. The zero-order chi connectivity index (χ0) is 5.86. The summed E-state index contributed by atoms with van der Waals surface area (Å²) in [6, 6.07) is 0. The molecule has 0 aromatic rings. The van der Waals surface area contributed by atoms with E-state index in [0.717, 1.165) is 0 Å². The van der Waals surface area contributed by atoms with Gasteiger partial charge in [0.25, 0.3) is 0 Å². The largest absolute Gasteiger partial charge is 0.512 e. The van der Waals surface area contributed by atoms with E-state index in [0.29, 0.717) is 0 Å². The molecule has 0 aromatic heterocycles. The Bertz CT molecular complexity index is 102. The van der Waals surface area contributed by atoms with Gasteiger partial charge in [0.05, 0.1) is 5.76 Å². The van der Waals surface area contributed by atoms with Crippen LogP contribution < -0.4 is 5.73 Å². The Morgan fingerprint density at radius 1 is 1.86 bits per heavy atom. The van der Waals surface area contributed by atoms with Crippen molar-refractivity contribution in [2.24, 2.45) is 5.73 Å². The Morgan fingerprint density at radius 2 is 2.29 bits per heavy atom. The fourth-order valence-electron chi connectivity index (χ4n) is 0.225. The summed E-state index contributed by atoms with van der Waals surface area (Å²) in [5.41, 5.74) is 4.84. The zero-order valence-corrected chi connectivity index (χ0v) is 4.10. The van der Waals surface area contributed by atoms with Gasteiger partial charge < -0.3 is 10.8 Å². The molecule has 0 unspecified atom stereocenters. The van der Waals surface area contributed by atoms with Gasteiger partial charge in [0, 0.05) is 6.08 Å². The average Bonchev–Trinajstić information content (AvgIpc) is 1.27. The molecule has 0 atom stereocenters. The fraction of sp³-hybridized carbons (Fsp3) is 0.250. The van der Waals surface area contributed by atoms with E-state index >= 15 is 0 Å². The van der Waals surface area contributed by atoms with Crippen molar-refractivity contribution in [3.05, 3.63) is 11.8 Å². The smallest absolute Gasteiger partial charge is 0.118 e. The van der Waals surface area contributed by atoms with Crippen LogP contribution in [0.2, 0.25) is 0 Å². The maximum Gasteiger partial charge on any atom is 0.118 e. The van der Waals surface area contributed by atoms with Crippen LogP contribution in [-0.2, 0) is 0 Å².